The lowest BCUT2D eigenvalue weighted by molar-refractivity contribution is 0.0908. The molecule has 140 valence electrons. The molecular formula is C21H23N3O3. The number of ether oxygens (including phenoxy) is 1. The average molecular weight is 365 g/mol. The van der Waals surface area contributed by atoms with E-state index in [2.05, 4.69) is 15.2 Å². The molecule has 0 atom stereocenters. The minimum atomic E-state index is -0.0520. The van der Waals surface area contributed by atoms with E-state index in [0.717, 1.165) is 49.2 Å². The van der Waals surface area contributed by atoms with Gasteiger partial charge in [-0.3, -0.25) is 9.78 Å². The van der Waals surface area contributed by atoms with Crippen LogP contribution in [0, 0.1) is 0 Å². The number of aromatic nitrogens is 1. The second kappa shape index (κ2) is 8.22. The molecule has 1 amide bonds. The van der Waals surface area contributed by atoms with E-state index in [4.69, 9.17) is 9.15 Å². The molecule has 0 bridgehead atoms. The highest BCUT2D eigenvalue weighted by Gasteiger charge is 2.21. The van der Waals surface area contributed by atoms with Crippen LogP contribution in [0.4, 0.5) is 0 Å². The number of likely N-dealkylation sites (tertiary alicyclic amines) is 1. The minimum absolute atomic E-state index is 0.0520. The lowest BCUT2D eigenvalue weighted by Gasteiger charge is -2.32. The van der Waals surface area contributed by atoms with Crippen LogP contribution < -0.4 is 10.1 Å². The number of carbonyl (C=O) groups excluding carboxylic acids is 1. The van der Waals surface area contributed by atoms with Gasteiger partial charge in [-0.05, 0) is 43.2 Å². The molecule has 4 rings (SSSR count). The van der Waals surface area contributed by atoms with Crippen LogP contribution >= 0.6 is 0 Å². The van der Waals surface area contributed by atoms with Crippen molar-refractivity contribution in [3.63, 3.8) is 0 Å². The first kappa shape index (κ1) is 17.5. The van der Waals surface area contributed by atoms with Crippen LogP contribution in [-0.2, 0) is 0 Å². The van der Waals surface area contributed by atoms with Crippen molar-refractivity contribution in [2.45, 2.75) is 18.9 Å². The molecule has 0 unspecified atom stereocenters. The predicted octanol–water partition coefficient (Wildman–Crippen LogP) is 3.10. The Labute approximate surface area is 158 Å². The third-order valence-corrected chi connectivity index (χ3v) is 4.94. The quantitative estimate of drug-likeness (QED) is 0.727. The first-order valence-corrected chi connectivity index (χ1v) is 9.33. The monoisotopic (exact) mass is 365 g/mol. The molecule has 3 heterocycles. The van der Waals surface area contributed by atoms with Gasteiger partial charge >= 0.3 is 0 Å². The topological polar surface area (TPSA) is 67.6 Å². The third-order valence-electron chi connectivity index (χ3n) is 4.94. The summed E-state index contributed by atoms with van der Waals surface area (Å²) in [4.78, 5) is 18.3. The predicted molar refractivity (Wildman–Crippen MR) is 103 cm³/mol. The highest BCUT2D eigenvalue weighted by atomic mass is 16.5. The number of rotatable bonds is 6. The van der Waals surface area contributed by atoms with E-state index >= 15 is 0 Å². The summed E-state index contributed by atoms with van der Waals surface area (Å²) < 4.78 is 11.6. The molecule has 1 fully saturated rings. The Morgan fingerprint density at radius 2 is 2.00 bits per heavy atom. The Morgan fingerprint density at radius 1 is 1.19 bits per heavy atom. The number of hydrogen-bond donors (Lipinski definition) is 1. The molecule has 0 radical (unpaired) electrons. The number of fused-ring (bicyclic) bond motifs is 1. The molecule has 6 nitrogen and oxygen atoms in total. The maximum absolute atomic E-state index is 12.0. The van der Waals surface area contributed by atoms with Crippen molar-refractivity contribution in [2.75, 3.05) is 26.2 Å². The number of nitrogens with one attached hydrogen (secondary N) is 1. The minimum Gasteiger partial charge on any atom is -0.490 e. The van der Waals surface area contributed by atoms with Crippen molar-refractivity contribution in [1.29, 1.82) is 0 Å². The summed E-state index contributed by atoms with van der Waals surface area (Å²) in [5, 5.41) is 3.99. The van der Waals surface area contributed by atoms with Gasteiger partial charge in [0.25, 0.3) is 5.91 Å². The van der Waals surface area contributed by atoms with Gasteiger partial charge in [0.1, 0.15) is 17.4 Å². The highest BCUT2D eigenvalue weighted by Crippen LogP contribution is 2.28. The Bertz CT molecular complexity index is 886. The summed E-state index contributed by atoms with van der Waals surface area (Å²) in [5.41, 5.74) is 1.50. The Hall–Kier alpha value is -2.86. The van der Waals surface area contributed by atoms with Crippen molar-refractivity contribution < 1.29 is 13.9 Å². The molecule has 1 aliphatic rings. The van der Waals surface area contributed by atoms with Gasteiger partial charge in [0.15, 0.2) is 0 Å². The number of carbonyl (C=O) groups is 1. The van der Waals surface area contributed by atoms with Gasteiger partial charge in [-0.15, -0.1) is 0 Å². The summed E-state index contributed by atoms with van der Waals surface area (Å²) in [6, 6.07) is 11.3. The maximum Gasteiger partial charge on any atom is 0.251 e. The molecule has 6 heteroatoms. The van der Waals surface area contributed by atoms with Gasteiger partial charge in [0.05, 0.1) is 11.6 Å². The van der Waals surface area contributed by atoms with Gasteiger partial charge < -0.3 is 19.4 Å². The van der Waals surface area contributed by atoms with E-state index < -0.39 is 0 Å². The number of benzene rings is 1. The summed E-state index contributed by atoms with van der Waals surface area (Å²) in [6.45, 7) is 3.43. The fourth-order valence-electron chi connectivity index (χ4n) is 3.43. The second-order valence-electron chi connectivity index (χ2n) is 6.74. The van der Waals surface area contributed by atoms with E-state index in [9.17, 15) is 4.79 Å². The van der Waals surface area contributed by atoms with E-state index in [-0.39, 0.29) is 12.0 Å². The van der Waals surface area contributed by atoms with Crippen LogP contribution in [0.5, 0.6) is 5.75 Å². The van der Waals surface area contributed by atoms with Crippen molar-refractivity contribution >= 4 is 16.9 Å². The van der Waals surface area contributed by atoms with Crippen LogP contribution in [0.15, 0.2) is 59.5 Å². The normalized spacial score (nSPS) is 15.7. The van der Waals surface area contributed by atoms with Crippen LogP contribution in [0.25, 0.3) is 11.0 Å². The lowest BCUT2D eigenvalue weighted by atomic mass is 10.1. The summed E-state index contributed by atoms with van der Waals surface area (Å²) in [6.07, 6.45) is 7.13. The van der Waals surface area contributed by atoms with Gasteiger partial charge in [-0.25, -0.2) is 0 Å². The molecule has 0 saturated carbocycles. The van der Waals surface area contributed by atoms with Crippen molar-refractivity contribution in [1.82, 2.24) is 15.2 Å². The highest BCUT2D eigenvalue weighted by molar-refractivity contribution is 5.93. The van der Waals surface area contributed by atoms with E-state index in [0.29, 0.717) is 12.1 Å². The van der Waals surface area contributed by atoms with Crippen molar-refractivity contribution in [2.24, 2.45) is 0 Å². The second-order valence-corrected chi connectivity index (χ2v) is 6.74. The van der Waals surface area contributed by atoms with E-state index in [1.54, 1.807) is 30.8 Å². The van der Waals surface area contributed by atoms with Gasteiger partial charge in [0, 0.05) is 44.1 Å². The molecule has 0 spiro atoms. The first-order valence-electron chi connectivity index (χ1n) is 9.33. The largest absolute Gasteiger partial charge is 0.490 e. The van der Waals surface area contributed by atoms with Gasteiger partial charge in [-0.1, -0.05) is 6.07 Å². The Balaban J connectivity index is 1.21. The lowest BCUT2D eigenvalue weighted by Crippen LogP contribution is -2.42. The number of nitrogens with zero attached hydrogens (tertiary/aromatic N) is 2. The summed E-state index contributed by atoms with van der Waals surface area (Å²) in [7, 11) is 0. The fraction of sp³-hybridized carbons (Fsp3) is 0.333. The molecule has 27 heavy (non-hydrogen) atoms. The molecule has 3 aromatic rings. The number of piperidine rings is 1. The van der Waals surface area contributed by atoms with E-state index in [1.165, 1.54) is 0 Å². The summed E-state index contributed by atoms with van der Waals surface area (Å²) in [5.74, 6) is 0.841. The van der Waals surface area contributed by atoms with Crippen LogP contribution in [-0.4, -0.2) is 48.1 Å². The van der Waals surface area contributed by atoms with Crippen molar-refractivity contribution in [3.8, 4) is 5.75 Å². The molecule has 2 aromatic heterocycles. The fourth-order valence-corrected chi connectivity index (χ4v) is 3.43. The summed E-state index contributed by atoms with van der Waals surface area (Å²) >= 11 is 0. The van der Waals surface area contributed by atoms with Gasteiger partial charge in [0.2, 0.25) is 0 Å². The van der Waals surface area contributed by atoms with Gasteiger partial charge in [-0.2, -0.15) is 0 Å². The van der Waals surface area contributed by atoms with Crippen LogP contribution in [0.2, 0.25) is 0 Å². The molecule has 1 aliphatic heterocycles. The Morgan fingerprint density at radius 3 is 2.81 bits per heavy atom. The van der Waals surface area contributed by atoms with Crippen molar-refractivity contribution in [3.05, 3.63) is 60.6 Å². The zero-order chi connectivity index (χ0) is 18.5. The zero-order valence-corrected chi connectivity index (χ0v) is 15.1. The van der Waals surface area contributed by atoms with Crippen LogP contribution in [0.3, 0.4) is 0 Å². The molecule has 1 saturated heterocycles. The van der Waals surface area contributed by atoms with E-state index in [1.807, 2.05) is 24.3 Å². The first-order chi connectivity index (χ1) is 13.3. The smallest absolute Gasteiger partial charge is 0.251 e. The Kier molecular flexibility index (Phi) is 5.34. The molecule has 1 N–H and O–H groups in total. The average Bonchev–Trinajstić information content (AvgIpc) is 3.20. The molecule has 0 aliphatic carbocycles. The SMILES string of the molecule is O=C(NCCN1CCC(Oc2cccc3occc23)CC1)c1ccncc1. The number of hydrogen-bond acceptors (Lipinski definition) is 5. The standard InChI is InChI=1S/C21H23N3O3/c25-21(16-4-9-22-10-5-16)23-11-14-24-12-6-17(7-13-24)27-20-3-1-2-19-18(20)8-15-26-19/h1-5,8-10,15,17H,6-7,11-14H2,(H,23,25). The number of furan rings is 1. The molecular weight excluding hydrogens is 342 g/mol. The third kappa shape index (κ3) is 4.28. The van der Waals surface area contributed by atoms with Crippen LogP contribution in [0.1, 0.15) is 23.2 Å². The number of amides is 1. The molecule has 1 aromatic carbocycles. The zero-order valence-electron chi connectivity index (χ0n) is 15.1. The maximum atomic E-state index is 12.0. The number of pyridine rings is 1.